The Kier molecular flexibility index (Phi) is 5.90. The lowest BCUT2D eigenvalue weighted by Crippen LogP contribution is -2.36. The summed E-state index contributed by atoms with van der Waals surface area (Å²) in [5, 5.41) is 6.19. The van der Waals surface area contributed by atoms with Crippen molar-refractivity contribution in [3.05, 3.63) is 71.4 Å². The summed E-state index contributed by atoms with van der Waals surface area (Å²) in [6.45, 7) is 6.95. The highest BCUT2D eigenvalue weighted by Gasteiger charge is 2.14. The Balaban J connectivity index is 1.44. The first kappa shape index (κ1) is 19.8. The van der Waals surface area contributed by atoms with Crippen molar-refractivity contribution in [1.82, 2.24) is 9.97 Å². The maximum Gasteiger partial charge on any atom is 0.255 e. The summed E-state index contributed by atoms with van der Waals surface area (Å²) in [6, 6.07) is 17.0. The average Bonchev–Trinajstić information content (AvgIpc) is 2.75. The second-order valence-corrected chi connectivity index (χ2v) is 7.26. The van der Waals surface area contributed by atoms with E-state index in [-0.39, 0.29) is 5.91 Å². The molecular weight excluding hydrogens is 378 g/mol. The molecule has 0 saturated carbocycles. The number of nitrogens with zero attached hydrogens (tertiary/aromatic N) is 3. The molecule has 0 atom stereocenters. The molecule has 7 nitrogen and oxygen atoms in total. The average molecular weight is 403 g/mol. The Bertz CT molecular complexity index is 1030. The zero-order valence-electron chi connectivity index (χ0n) is 17.2. The molecule has 0 aliphatic carbocycles. The normalized spacial score (nSPS) is 13.7. The van der Waals surface area contributed by atoms with Gasteiger partial charge in [0.25, 0.3) is 5.91 Å². The highest BCUT2D eigenvalue weighted by atomic mass is 16.5. The van der Waals surface area contributed by atoms with E-state index in [1.54, 1.807) is 0 Å². The van der Waals surface area contributed by atoms with Crippen LogP contribution in [0.4, 0.5) is 23.1 Å². The number of morpholine rings is 1. The van der Waals surface area contributed by atoms with Crippen LogP contribution in [-0.2, 0) is 4.74 Å². The van der Waals surface area contributed by atoms with Gasteiger partial charge in [0, 0.05) is 41.8 Å². The second kappa shape index (κ2) is 8.92. The number of amides is 1. The Morgan fingerprint density at radius 3 is 2.40 bits per heavy atom. The van der Waals surface area contributed by atoms with Crippen LogP contribution >= 0.6 is 0 Å². The van der Waals surface area contributed by atoms with Gasteiger partial charge in [-0.15, -0.1) is 0 Å². The van der Waals surface area contributed by atoms with Crippen LogP contribution in [-0.4, -0.2) is 42.2 Å². The monoisotopic (exact) mass is 403 g/mol. The number of hydrogen-bond donors (Lipinski definition) is 2. The zero-order chi connectivity index (χ0) is 20.9. The van der Waals surface area contributed by atoms with Gasteiger partial charge in [0.15, 0.2) is 0 Å². The second-order valence-electron chi connectivity index (χ2n) is 7.26. The zero-order valence-corrected chi connectivity index (χ0v) is 17.2. The molecule has 3 aromatic rings. The van der Waals surface area contributed by atoms with Crippen LogP contribution in [0.15, 0.2) is 54.6 Å². The highest BCUT2D eigenvalue weighted by molar-refractivity contribution is 6.05. The van der Waals surface area contributed by atoms with E-state index in [1.165, 1.54) is 0 Å². The van der Waals surface area contributed by atoms with E-state index in [1.807, 2.05) is 68.4 Å². The summed E-state index contributed by atoms with van der Waals surface area (Å²) >= 11 is 0. The Morgan fingerprint density at radius 1 is 0.967 bits per heavy atom. The first-order valence-electron chi connectivity index (χ1n) is 10.0. The number of aryl methyl sites for hydroxylation is 2. The molecule has 1 saturated heterocycles. The van der Waals surface area contributed by atoms with Gasteiger partial charge in [0.05, 0.1) is 13.2 Å². The molecule has 0 radical (unpaired) electrons. The summed E-state index contributed by atoms with van der Waals surface area (Å²) in [5.74, 6) is 1.33. The van der Waals surface area contributed by atoms with E-state index in [9.17, 15) is 4.79 Å². The van der Waals surface area contributed by atoms with Gasteiger partial charge in [-0.3, -0.25) is 4.79 Å². The molecule has 30 heavy (non-hydrogen) atoms. The number of carbonyl (C=O) groups excluding carboxylic acids is 1. The van der Waals surface area contributed by atoms with Gasteiger partial charge in [-0.2, -0.15) is 4.98 Å². The Morgan fingerprint density at radius 2 is 1.67 bits per heavy atom. The molecular formula is C23H25N5O2. The number of benzene rings is 2. The predicted molar refractivity (Wildman–Crippen MR) is 119 cm³/mol. The van der Waals surface area contributed by atoms with Gasteiger partial charge in [-0.1, -0.05) is 18.2 Å². The van der Waals surface area contributed by atoms with Gasteiger partial charge in [0.1, 0.15) is 5.82 Å². The van der Waals surface area contributed by atoms with Gasteiger partial charge in [-0.05, 0) is 49.7 Å². The lowest BCUT2D eigenvalue weighted by atomic mass is 10.1. The van der Waals surface area contributed by atoms with Gasteiger partial charge >= 0.3 is 0 Å². The molecule has 2 N–H and O–H groups in total. The topological polar surface area (TPSA) is 79.4 Å². The summed E-state index contributed by atoms with van der Waals surface area (Å²) in [4.78, 5) is 23.8. The first-order valence-corrected chi connectivity index (χ1v) is 10.0. The maximum atomic E-state index is 12.5. The van der Waals surface area contributed by atoms with E-state index in [4.69, 9.17) is 4.74 Å². The first-order chi connectivity index (χ1) is 14.6. The fourth-order valence-electron chi connectivity index (χ4n) is 3.35. The molecule has 7 heteroatoms. The van der Waals surface area contributed by atoms with Crippen molar-refractivity contribution >= 4 is 29.0 Å². The van der Waals surface area contributed by atoms with Crippen LogP contribution in [0.2, 0.25) is 0 Å². The van der Waals surface area contributed by atoms with Crippen molar-refractivity contribution < 1.29 is 9.53 Å². The third-order valence-electron chi connectivity index (χ3n) is 4.96. The van der Waals surface area contributed by atoms with Crippen molar-refractivity contribution in [2.75, 3.05) is 41.8 Å². The van der Waals surface area contributed by atoms with Crippen LogP contribution in [0.25, 0.3) is 0 Å². The smallest absolute Gasteiger partial charge is 0.255 e. The number of anilines is 4. The van der Waals surface area contributed by atoms with Gasteiger partial charge in [-0.25, -0.2) is 4.98 Å². The molecule has 0 spiro atoms. The minimum Gasteiger partial charge on any atom is -0.378 e. The summed E-state index contributed by atoms with van der Waals surface area (Å²) < 4.78 is 5.42. The molecule has 1 aliphatic rings. The van der Waals surface area contributed by atoms with Crippen molar-refractivity contribution in [1.29, 1.82) is 0 Å². The Hall–Kier alpha value is -3.45. The number of aromatic nitrogens is 2. The number of ether oxygens (including phenoxy) is 1. The fourth-order valence-corrected chi connectivity index (χ4v) is 3.35. The lowest BCUT2D eigenvalue weighted by Gasteiger charge is -2.28. The standard InChI is InChI=1S/C23H25N5O2/c1-16-5-3-4-6-20(16)22(29)25-18-7-9-19(10-8-18)26-23-24-17(2)15-21(27-23)28-11-13-30-14-12-28/h3-10,15H,11-14H2,1-2H3,(H,25,29)(H,24,26,27). The molecule has 1 fully saturated rings. The van der Waals surface area contributed by atoms with Crippen molar-refractivity contribution in [2.45, 2.75) is 13.8 Å². The summed E-state index contributed by atoms with van der Waals surface area (Å²) in [5.41, 5.74) is 4.09. The summed E-state index contributed by atoms with van der Waals surface area (Å²) in [6.07, 6.45) is 0. The molecule has 154 valence electrons. The minimum atomic E-state index is -0.119. The van der Waals surface area contributed by atoms with Crippen LogP contribution in [0.1, 0.15) is 21.6 Å². The summed E-state index contributed by atoms with van der Waals surface area (Å²) in [7, 11) is 0. The molecule has 1 aliphatic heterocycles. The van der Waals surface area contributed by atoms with Crippen LogP contribution < -0.4 is 15.5 Å². The fraction of sp³-hybridized carbons (Fsp3) is 0.261. The van der Waals surface area contributed by atoms with Crippen molar-refractivity contribution in [2.24, 2.45) is 0 Å². The van der Waals surface area contributed by atoms with E-state index in [0.29, 0.717) is 24.7 Å². The molecule has 2 heterocycles. The number of rotatable bonds is 5. The van der Waals surface area contributed by atoms with Crippen molar-refractivity contribution in [3.8, 4) is 0 Å². The van der Waals surface area contributed by atoms with Gasteiger partial charge < -0.3 is 20.3 Å². The predicted octanol–water partition coefficient (Wildman–Crippen LogP) is 3.93. The van der Waals surface area contributed by atoms with E-state index in [0.717, 1.165) is 41.5 Å². The molecule has 0 bridgehead atoms. The number of hydrogen-bond acceptors (Lipinski definition) is 6. The van der Waals surface area contributed by atoms with Crippen LogP contribution in [0.5, 0.6) is 0 Å². The largest absolute Gasteiger partial charge is 0.378 e. The Labute approximate surface area is 176 Å². The maximum absolute atomic E-state index is 12.5. The van der Waals surface area contributed by atoms with E-state index >= 15 is 0 Å². The molecule has 1 aromatic heterocycles. The van der Waals surface area contributed by atoms with E-state index < -0.39 is 0 Å². The molecule has 4 rings (SSSR count). The third-order valence-corrected chi connectivity index (χ3v) is 4.96. The SMILES string of the molecule is Cc1cc(N2CCOCC2)nc(Nc2ccc(NC(=O)c3ccccc3C)cc2)n1. The molecule has 1 amide bonds. The minimum absolute atomic E-state index is 0.119. The number of carbonyl (C=O) groups is 1. The van der Waals surface area contributed by atoms with Crippen molar-refractivity contribution in [3.63, 3.8) is 0 Å². The van der Waals surface area contributed by atoms with Gasteiger partial charge in [0.2, 0.25) is 5.95 Å². The third kappa shape index (κ3) is 4.75. The molecule has 0 unspecified atom stereocenters. The lowest BCUT2D eigenvalue weighted by molar-refractivity contribution is 0.102. The molecule has 2 aromatic carbocycles. The quantitative estimate of drug-likeness (QED) is 0.672. The highest BCUT2D eigenvalue weighted by Crippen LogP contribution is 2.21. The van der Waals surface area contributed by atoms with E-state index in [2.05, 4.69) is 25.5 Å². The van der Waals surface area contributed by atoms with Crippen LogP contribution in [0, 0.1) is 13.8 Å². The van der Waals surface area contributed by atoms with Crippen LogP contribution in [0.3, 0.4) is 0 Å². The number of nitrogens with one attached hydrogen (secondary N) is 2.